The van der Waals surface area contributed by atoms with E-state index in [-0.39, 0.29) is 0 Å². The zero-order chi connectivity index (χ0) is 12.0. The van der Waals surface area contributed by atoms with Crippen molar-refractivity contribution in [1.82, 2.24) is 0 Å². The first-order chi connectivity index (χ1) is 7.69. The van der Waals surface area contributed by atoms with Gasteiger partial charge in [-0.1, -0.05) is 43.0 Å². The lowest BCUT2D eigenvalue weighted by atomic mass is 10.0. The molecule has 2 nitrogen and oxygen atoms in total. The summed E-state index contributed by atoms with van der Waals surface area (Å²) in [5.41, 5.74) is 7.70. The summed E-state index contributed by atoms with van der Waals surface area (Å²) in [5.74, 6) is -0.413. The van der Waals surface area contributed by atoms with Gasteiger partial charge in [0, 0.05) is 5.56 Å². The van der Waals surface area contributed by atoms with E-state index in [1.165, 1.54) is 0 Å². The average molecular weight is 213 g/mol. The van der Waals surface area contributed by atoms with Crippen molar-refractivity contribution in [2.45, 2.75) is 6.92 Å². The summed E-state index contributed by atoms with van der Waals surface area (Å²) in [5, 5.41) is 0. The number of primary amides is 1. The molecule has 0 unspecified atom stereocenters. The molecular weight excluding hydrogens is 198 g/mol. The standard InChI is InChI=1S/C14H15NO/c1-3-5-6-11(4-2)12-7-9-13(10-8-12)14(15)16/h3-10H,2H2,1H3,(H2,15,16)/b5-3-,11-6+. The second kappa shape index (κ2) is 5.71. The Labute approximate surface area is 95.8 Å². The molecule has 16 heavy (non-hydrogen) atoms. The first kappa shape index (κ1) is 12.0. The maximum absolute atomic E-state index is 10.9. The Kier molecular flexibility index (Phi) is 4.28. The second-order valence-electron chi connectivity index (χ2n) is 3.29. The van der Waals surface area contributed by atoms with Crippen LogP contribution in [0.1, 0.15) is 22.8 Å². The largest absolute Gasteiger partial charge is 0.366 e. The number of nitrogens with two attached hydrogens (primary N) is 1. The molecule has 1 amide bonds. The number of carbonyl (C=O) groups is 1. The molecule has 0 fully saturated rings. The van der Waals surface area contributed by atoms with Gasteiger partial charge in [0.05, 0.1) is 0 Å². The predicted molar refractivity (Wildman–Crippen MR) is 67.9 cm³/mol. The van der Waals surface area contributed by atoms with E-state index in [2.05, 4.69) is 6.58 Å². The SMILES string of the molecule is C=C/C(=C\C=C/C)c1ccc(C(N)=O)cc1. The molecule has 0 aromatic heterocycles. The van der Waals surface area contributed by atoms with Gasteiger partial charge in [-0.05, 0) is 30.2 Å². The maximum atomic E-state index is 10.9. The van der Waals surface area contributed by atoms with Gasteiger partial charge in [-0.2, -0.15) is 0 Å². The third kappa shape index (κ3) is 2.95. The normalized spacial score (nSPS) is 11.7. The third-order valence-electron chi connectivity index (χ3n) is 2.19. The van der Waals surface area contributed by atoms with Crippen LogP contribution in [0.15, 0.2) is 55.1 Å². The van der Waals surface area contributed by atoms with Crippen molar-refractivity contribution in [3.05, 3.63) is 66.3 Å². The van der Waals surface area contributed by atoms with Crippen LogP contribution >= 0.6 is 0 Å². The molecule has 82 valence electrons. The van der Waals surface area contributed by atoms with E-state index in [4.69, 9.17) is 5.73 Å². The molecule has 0 heterocycles. The van der Waals surface area contributed by atoms with Gasteiger partial charge in [0.25, 0.3) is 0 Å². The molecule has 0 bridgehead atoms. The highest BCUT2D eigenvalue weighted by Gasteiger charge is 2.00. The van der Waals surface area contributed by atoms with E-state index in [1.54, 1.807) is 18.2 Å². The lowest BCUT2D eigenvalue weighted by Gasteiger charge is -2.02. The van der Waals surface area contributed by atoms with Gasteiger partial charge in [-0.25, -0.2) is 0 Å². The van der Waals surface area contributed by atoms with Crippen molar-refractivity contribution in [1.29, 1.82) is 0 Å². The number of carbonyl (C=O) groups excluding carboxylic acids is 1. The van der Waals surface area contributed by atoms with E-state index in [9.17, 15) is 4.79 Å². The molecule has 0 radical (unpaired) electrons. The van der Waals surface area contributed by atoms with Gasteiger partial charge in [-0.3, -0.25) is 4.79 Å². The minimum Gasteiger partial charge on any atom is -0.366 e. The van der Waals surface area contributed by atoms with Crippen molar-refractivity contribution in [2.75, 3.05) is 0 Å². The Balaban J connectivity index is 3.04. The predicted octanol–water partition coefficient (Wildman–Crippen LogP) is 2.93. The third-order valence-corrected chi connectivity index (χ3v) is 2.19. The van der Waals surface area contributed by atoms with Crippen molar-refractivity contribution in [3.63, 3.8) is 0 Å². The fourth-order valence-corrected chi connectivity index (χ4v) is 1.31. The maximum Gasteiger partial charge on any atom is 0.248 e. The van der Waals surface area contributed by atoms with Crippen molar-refractivity contribution < 1.29 is 4.79 Å². The van der Waals surface area contributed by atoms with Gasteiger partial charge in [0.1, 0.15) is 0 Å². The van der Waals surface area contributed by atoms with Crippen molar-refractivity contribution in [2.24, 2.45) is 5.73 Å². The molecule has 2 N–H and O–H groups in total. The average Bonchev–Trinajstić information content (AvgIpc) is 2.30. The molecule has 0 spiro atoms. The Morgan fingerprint density at radius 2 is 1.81 bits per heavy atom. The molecule has 0 atom stereocenters. The first-order valence-corrected chi connectivity index (χ1v) is 5.04. The quantitative estimate of drug-likeness (QED) is 0.768. The Bertz CT molecular complexity index is 438. The summed E-state index contributed by atoms with van der Waals surface area (Å²) in [6.45, 7) is 5.71. The molecule has 0 aliphatic rings. The summed E-state index contributed by atoms with van der Waals surface area (Å²) in [6, 6.07) is 7.14. The summed E-state index contributed by atoms with van der Waals surface area (Å²) in [6.07, 6.45) is 7.63. The number of hydrogen-bond acceptors (Lipinski definition) is 1. The van der Waals surface area contributed by atoms with Crippen LogP contribution in [0.4, 0.5) is 0 Å². The molecule has 2 heteroatoms. The molecule has 1 aromatic carbocycles. The minimum atomic E-state index is -0.413. The molecular formula is C14H15NO. The van der Waals surface area contributed by atoms with Gasteiger partial charge in [0.2, 0.25) is 5.91 Å². The van der Waals surface area contributed by atoms with E-state index in [0.29, 0.717) is 5.56 Å². The monoisotopic (exact) mass is 213 g/mol. The van der Waals surface area contributed by atoms with Crippen LogP contribution in [0.2, 0.25) is 0 Å². The number of amides is 1. The fourth-order valence-electron chi connectivity index (χ4n) is 1.31. The van der Waals surface area contributed by atoms with Gasteiger partial charge in [0.15, 0.2) is 0 Å². The first-order valence-electron chi connectivity index (χ1n) is 5.04. The zero-order valence-electron chi connectivity index (χ0n) is 9.31. The zero-order valence-corrected chi connectivity index (χ0v) is 9.31. The van der Waals surface area contributed by atoms with Crippen molar-refractivity contribution >= 4 is 11.5 Å². The summed E-state index contributed by atoms with van der Waals surface area (Å²) < 4.78 is 0. The van der Waals surface area contributed by atoms with Crippen LogP contribution in [0.25, 0.3) is 5.57 Å². The van der Waals surface area contributed by atoms with Gasteiger partial charge >= 0.3 is 0 Å². The Morgan fingerprint density at radius 3 is 2.25 bits per heavy atom. The van der Waals surface area contributed by atoms with Gasteiger partial charge < -0.3 is 5.73 Å². The molecule has 0 saturated carbocycles. The smallest absolute Gasteiger partial charge is 0.248 e. The Hall–Kier alpha value is -2.09. The van der Waals surface area contributed by atoms with Crippen LogP contribution in [0.3, 0.4) is 0 Å². The van der Waals surface area contributed by atoms with Crippen LogP contribution < -0.4 is 5.73 Å². The Morgan fingerprint density at radius 1 is 1.25 bits per heavy atom. The topological polar surface area (TPSA) is 43.1 Å². The number of hydrogen-bond donors (Lipinski definition) is 1. The molecule has 0 saturated heterocycles. The highest BCUT2D eigenvalue weighted by atomic mass is 16.1. The lowest BCUT2D eigenvalue weighted by Crippen LogP contribution is -2.10. The fraction of sp³-hybridized carbons (Fsp3) is 0.0714. The van der Waals surface area contributed by atoms with E-state index in [0.717, 1.165) is 11.1 Å². The van der Waals surface area contributed by atoms with Crippen LogP contribution in [0.5, 0.6) is 0 Å². The van der Waals surface area contributed by atoms with Crippen LogP contribution in [-0.2, 0) is 0 Å². The summed E-state index contributed by atoms with van der Waals surface area (Å²) in [4.78, 5) is 10.9. The molecule has 1 aromatic rings. The molecule has 0 aliphatic carbocycles. The number of allylic oxidation sites excluding steroid dienone is 5. The van der Waals surface area contributed by atoms with Crippen LogP contribution in [-0.4, -0.2) is 5.91 Å². The van der Waals surface area contributed by atoms with Crippen molar-refractivity contribution in [3.8, 4) is 0 Å². The lowest BCUT2D eigenvalue weighted by molar-refractivity contribution is 0.100. The van der Waals surface area contributed by atoms with E-state index < -0.39 is 5.91 Å². The molecule has 1 rings (SSSR count). The van der Waals surface area contributed by atoms with Gasteiger partial charge in [-0.15, -0.1) is 0 Å². The summed E-state index contributed by atoms with van der Waals surface area (Å²) in [7, 11) is 0. The number of benzene rings is 1. The minimum absolute atomic E-state index is 0.413. The van der Waals surface area contributed by atoms with E-state index >= 15 is 0 Å². The summed E-state index contributed by atoms with van der Waals surface area (Å²) >= 11 is 0. The molecule has 0 aliphatic heterocycles. The van der Waals surface area contributed by atoms with E-state index in [1.807, 2.05) is 37.3 Å². The number of rotatable bonds is 4. The van der Waals surface area contributed by atoms with Crippen LogP contribution in [0, 0.1) is 0 Å². The highest BCUT2D eigenvalue weighted by molar-refractivity contribution is 5.93. The highest BCUT2D eigenvalue weighted by Crippen LogP contribution is 2.16. The second-order valence-corrected chi connectivity index (χ2v) is 3.29.